The summed E-state index contributed by atoms with van der Waals surface area (Å²) in [5.41, 5.74) is 4.62. The average molecular weight is 287 g/mol. The molecular weight excluding hydrogens is 258 g/mol. The Balaban J connectivity index is 1.86. The predicted octanol–water partition coefficient (Wildman–Crippen LogP) is 3.64. The first-order chi connectivity index (χ1) is 10.1. The molecule has 1 aliphatic carbocycles. The number of rotatable bonds is 6. The first kappa shape index (κ1) is 15.1. The molecule has 2 atom stereocenters. The van der Waals surface area contributed by atoms with Gasteiger partial charge in [0, 0.05) is 18.6 Å². The molecule has 2 nitrogen and oxygen atoms in total. The van der Waals surface area contributed by atoms with Crippen LogP contribution >= 0.6 is 0 Å². The molecule has 2 heteroatoms. The zero-order valence-electron chi connectivity index (χ0n) is 13.7. The topological polar surface area (TPSA) is 21.3 Å². The van der Waals surface area contributed by atoms with Crippen LogP contribution in [0.1, 0.15) is 42.9 Å². The lowest BCUT2D eigenvalue weighted by Crippen LogP contribution is -2.43. The lowest BCUT2D eigenvalue weighted by molar-refractivity contribution is 0.0308. The average Bonchev–Trinajstić information content (AvgIpc) is 3.23. The molecular formula is C19H29NO. The fourth-order valence-electron chi connectivity index (χ4n) is 3.93. The first-order valence-electron chi connectivity index (χ1n) is 8.53. The van der Waals surface area contributed by atoms with Crippen molar-refractivity contribution < 1.29 is 4.74 Å². The van der Waals surface area contributed by atoms with Gasteiger partial charge in [0.15, 0.2) is 0 Å². The SMILES string of the molecule is CCNCC1(Cc2cc(C)ccc2C)CCOC1C1CC1. The van der Waals surface area contributed by atoms with Crippen LogP contribution < -0.4 is 5.32 Å². The maximum atomic E-state index is 6.19. The van der Waals surface area contributed by atoms with Gasteiger partial charge in [-0.05, 0) is 63.1 Å². The van der Waals surface area contributed by atoms with E-state index >= 15 is 0 Å². The smallest absolute Gasteiger partial charge is 0.0675 e. The third kappa shape index (κ3) is 3.17. The highest BCUT2D eigenvalue weighted by molar-refractivity contribution is 5.32. The van der Waals surface area contributed by atoms with Gasteiger partial charge in [-0.15, -0.1) is 0 Å². The maximum Gasteiger partial charge on any atom is 0.0675 e. The summed E-state index contributed by atoms with van der Waals surface area (Å²) in [5.74, 6) is 0.816. The Labute approximate surface area is 129 Å². The number of benzene rings is 1. The van der Waals surface area contributed by atoms with Crippen molar-refractivity contribution in [2.45, 2.75) is 52.6 Å². The van der Waals surface area contributed by atoms with E-state index in [4.69, 9.17) is 4.74 Å². The quantitative estimate of drug-likeness (QED) is 0.862. The molecule has 2 unspecified atom stereocenters. The summed E-state index contributed by atoms with van der Waals surface area (Å²) in [6.07, 6.45) is 5.57. The Morgan fingerprint density at radius 1 is 1.29 bits per heavy atom. The normalized spacial score (nSPS) is 29.0. The Morgan fingerprint density at radius 3 is 2.81 bits per heavy atom. The fraction of sp³-hybridized carbons (Fsp3) is 0.684. The molecule has 1 aliphatic heterocycles. The Kier molecular flexibility index (Phi) is 4.37. The Morgan fingerprint density at radius 2 is 2.10 bits per heavy atom. The number of nitrogens with one attached hydrogen (secondary N) is 1. The highest BCUT2D eigenvalue weighted by Crippen LogP contribution is 2.49. The van der Waals surface area contributed by atoms with Crippen molar-refractivity contribution in [1.82, 2.24) is 5.32 Å². The summed E-state index contributed by atoms with van der Waals surface area (Å²) < 4.78 is 6.19. The van der Waals surface area contributed by atoms with Crippen molar-refractivity contribution in [3.8, 4) is 0 Å². The Hall–Kier alpha value is -0.860. The lowest BCUT2D eigenvalue weighted by atomic mass is 9.73. The Bertz CT molecular complexity index is 494. The van der Waals surface area contributed by atoms with Crippen LogP contribution in [0.5, 0.6) is 0 Å². The highest BCUT2D eigenvalue weighted by atomic mass is 16.5. The molecule has 0 amide bonds. The predicted molar refractivity (Wildman–Crippen MR) is 87.7 cm³/mol. The van der Waals surface area contributed by atoms with E-state index in [0.717, 1.165) is 32.0 Å². The van der Waals surface area contributed by atoms with Crippen LogP contribution in [0.15, 0.2) is 18.2 Å². The number of hydrogen-bond donors (Lipinski definition) is 1. The van der Waals surface area contributed by atoms with Gasteiger partial charge < -0.3 is 10.1 Å². The second-order valence-corrected chi connectivity index (χ2v) is 7.13. The number of aryl methyl sites for hydroxylation is 2. The van der Waals surface area contributed by atoms with E-state index < -0.39 is 0 Å². The maximum absolute atomic E-state index is 6.19. The van der Waals surface area contributed by atoms with Crippen molar-refractivity contribution in [1.29, 1.82) is 0 Å². The standard InChI is InChI=1S/C19H29NO/c1-4-20-13-19(9-10-21-18(19)16-7-8-16)12-17-11-14(2)5-6-15(17)3/h5-6,11,16,18,20H,4,7-10,12-13H2,1-3H3. The molecule has 0 aromatic heterocycles. The fourth-order valence-corrected chi connectivity index (χ4v) is 3.93. The molecule has 0 radical (unpaired) electrons. The molecule has 1 N–H and O–H groups in total. The molecule has 0 bridgehead atoms. The van der Waals surface area contributed by atoms with Crippen LogP contribution in [0, 0.1) is 25.2 Å². The second kappa shape index (κ2) is 6.10. The molecule has 1 saturated heterocycles. The minimum atomic E-state index is 0.301. The molecule has 21 heavy (non-hydrogen) atoms. The van der Waals surface area contributed by atoms with E-state index in [9.17, 15) is 0 Å². The molecule has 3 rings (SSSR count). The van der Waals surface area contributed by atoms with Crippen LogP contribution in [-0.4, -0.2) is 25.8 Å². The first-order valence-corrected chi connectivity index (χ1v) is 8.53. The van der Waals surface area contributed by atoms with Gasteiger partial charge in [-0.1, -0.05) is 30.7 Å². The number of ether oxygens (including phenoxy) is 1. The van der Waals surface area contributed by atoms with Crippen molar-refractivity contribution in [3.63, 3.8) is 0 Å². The van der Waals surface area contributed by atoms with Crippen LogP contribution in [0.2, 0.25) is 0 Å². The van der Waals surface area contributed by atoms with Gasteiger partial charge in [-0.2, -0.15) is 0 Å². The summed E-state index contributed by atoms with van der Waals surface area (Å²) in [5, 5.41) is 3.62. The third-order valence-electron chi connectivity index (χ3n) is 5.33. The van der Waals surface area contributed by atoms with E-state index in [-0.39, 0.29) is 0 Å². The van der Waals surface area contributed by atoms with Gasteiger partial charge in [0.25, 0.3) is 0 Å². The van der Waals surface area contributed by atoms with Crippen LogP contribution in [0.4, 0.5) is 0 Å². The van der Waals surface area contributed by atoms with Crippen molar-refractivity contribution in [2.24, 2.45) is 11.3 Å². The van der Waals surface area contributed by atoms with Crippen molar-refractivity contribution >= 4 is 0 Å². The molecule has 0 spiro atoms. The molecule has 2 aliphatic rings. The summed E-state index contributed by atoms with van der Waals surface area (Å²) in [6.45, 7) is 9.73. The molecule has 116 valence electrons. The summed E-state index contributed by atoms with van der Waals surface area (Å²) in [4.78, 5) is 0. The molecule has 1 heterocycles. The zero-order chi connectivity index (χ0) is 14.9. The van der Waals surface area contributed by atoms with E-state index in [1.54, 1.807) is 0 Å². The third-order valence-corrected chi connectivity index (χ3v) is 5.33. The highest BCUT2D eigenvalue weighted by Gasteiger charge is 2.50. The number of hydrogen-bond acceptors (Lipinski definition) is 2. The van der Waals surface area contributed by atoms with Gasteiger partial charge in [0.1, 0.15) is 0 Å². The van der Waals surface area contributed by atoms with E-state index in [2.05, 4.69) is 44.3 Å². The monoisotopic (exact) mass is 287 g/mol. The second-order valence-electron chi connectivity index (χ2n) is 7.13. The largest absolute Gasteiger partial charge is 0.377 e. The molecule has 2 fully saturated rings. The van der Waals surface area contributed by atoms with E-state index in [1.165, 1.54) is 36.0 Å². The summed E-state index contributed by atoms with van der Waals surface area (Å²) in [7, 11) is 0. The van der Waals surface area contributed by atoms with Gasteiger partial charge in [-0.3, -0.25) is 0 Å². The van der Waals surface area contributed by atoms with Crippen molar-refractivity contribution in [3.05, 3.63) is 34.9 Å². The summed E-state index contributed by atoms with van der Waals surface area (Å²) >= 11 is 0. The van der Waals surface area contributed by atoms with Gasteiger partial charge >= 0.3 is 0 Å². The van der Waals surface area contributed by atoms with E-state index in [0.29, 0.717) is 11.5 Å². The van der Waals surface area contributed by atoms with Gasteiger partial charge in [0.2, 0.25) is 0 Å². The molecule has 1 aromatic carbocycles. The van der Waals surface area contributed by atoms with E-state index in [1.807, 2.05) is 0 Å². The molecule has 1 saturated carbocycles. The minimum absolute atomic E-state index is 0.301. The summed E-state index contributed by atoms with van der Waals surface area (Å²) in [6, 6.07) is 6.87. The van der Waals surface area contributed by atoms with Crippen LogP contribution in [0.3, 0.4) is 0 Å². The van der Waals surface area contributed by atoms with Crippen molar-refractivity contribution in [2.75, 3.05) is 19.7 Å². The molecule has 1 aromatic rings. The van der Waals surface area contributed by atoms with Gasteiger partial charge in [-0.25, -0.2) is 0 Å². The zero-order valence-corrected chi connectivity index (χ0v) is 13.7. The lowest BCUT2D eigenvalue weighted by Gasteiger charge is -2.35. The van der Waals surface area contributed by atoms with Crippen LogP contribution in [-0.2, 0) is 11.2 Å². The van der Waals surface area contributed by atoms with Crippen LogP contribution in [0.25, 0.3) is 0 Å². The van der Waals surface area contributed by atoms with Gasteiger partial charge in [0.05, 0.1) is 6.10 Å². The minimum Gasteiger partial charge on any atom is -0.377 e.